The number of nitrogens with one attached hydrogen (secondary N) is 2. The van der Waals surface area contributed by atoms with Crippen LogP contribution in [0.1, 0.15) is 31.1 Å². The number of nitrogens with zero attached hydrogens (tertiary/aromatic N) is 1. The normalized spacial score (nSPS) is 10.9. The molecule has 0 aliphatic heterocycles. The Hall–Kier alpha value is -1.71. The zero-order valence-corrected chi connectivity index (χ0v) is 14.1. The molecule has 1 rings (SSSR count). The first-order valence-electron chi connectivity index (χ1n) is 6.13. The maximum atomic E-state index is 12.0. The third kappa shape index (κ3) is 5.66. The van der Waals surface area contributed by atoms with Crippen molar-refractivity contribution in [3.8, 4) is 0 Å². The highest BCUT2D eigenvalue weighted by Gasteiger charge is 2.18. The van der Waals surface area contributed by atoms with Gasteiger partial charge in [0.15, 0.2) is 0 Å². The number of non-ortho nitro benzene ring substituents is 1. The highest BCUT2D eigenvalue weighted by atomic mass is 127. The molecule has 2 amide bonds. The van der Waals surface area contributed by atoms with Crippen LogP contribution in [0.4, 0.5) is 5.69 Å². The lowest BCUT2D eigenvalue weighted by atomic mass is 10.1. The van der Waals surface area contributed by atoms with Gasteiger partial charge in [0.05, 0.1) is 17.0 Å². The summed E-state index contributed by atoms with van der Waals surface area (Å²) in [4.78, 5) is 33.8. The summed E-state index contributed by atoms with van der Waals surface area (Å²) in [7, 11) is 0. The third-order valence-corrected chi connectivity index (χ3v) is 3.27. The number of nitro groups is 1. The maximum Gasteiger partial charge on any atom is 0.270 e. The van der Waals surface area contributed by atoms with Gasteiger partial charge >= 0.3 is 0 Å². The lowest BCUT2D eigenvalue weighted by Gasteiger charge is -2.20. The molecule has 0 saturated heterocycles. The van der Waals surface area contributed by atoms with E-state index < -0.39 is 10.8 Å². The quantitative estimate of drug-likeness (QED) is 0.454. The van der Waals surface area contributed by atoms with E-state index in [0.29, 0.717) is 3.57 Å². The fraction of sp³-hybridized carbons (Fsp3) is 0.385. The van der Waals surface area contributed by atoms with Gasteiger partial charge in [-0.25, -0.2) is 0 Å². The Morgan fingerprint density at radius 1 is 1.33 bits per heavy atom. The monoisotopic (exact) mass is 405 g/mol. The zero-order chi connectivity index (χ0) is 16.2. The molecule has 0 unspecified atom stereocenters. The van der Waals surface area contributed by atoms with Gasteiger partial charge in [-0.1, -0.05) is 0 Å². The second-order valence-electron chi connectivity index (χ2n) is 5.40. The predicted octanol–water partition coefficient (Wildman–Crippen LogP) is 1.84. The van der Waals surface area contributed by atoms with Gasteiger partial charge in [0.1, 0.15) is 0 Å². The summed E-state index contributed by atoms with van der Waals surface area (Å²) in [6.07, 6.45) is 0. The van der Waals surface area contributed by atoms with Crippen LogP contribution in [-0.4, -0.2) is 28.8 Å². The van der Waals surface area contributed by atoms with Crippen LogP contribution in [-0.2, 0) is 4.79 Å². The summed E-state index contributed by atoms with van der Waals surface area (Å²) in [5.41, 5.74) is -0.380. The molecule has 1 aromatic carbocycles. The minimum absolute atomic E-state index is 0.167. The molecular formula is C13H16IN3O4. The van der Waals surface area contributed by atoms with E-state index in [1.807, 2.05) is 43.4 Å². The Labute approximate surface area is 135 Å². The van der Waals surface area contributed by atoms with E-state index in [4.69, 9.17) is 0 Å². The fourth-order valence-electron chi connectivity index (χ4n) is 1.52. The van der Waals surface area contributed by atoms with Crippen molar-refractivity contribution in [1.29, 1.82) is 0 Å². The second kappa shape index (κ2) is 6.83. The number of carbonyl (C=O) groups is 2. The van der Waals surface area contributed by atoms with Crippen LogP contribution in [0.3, 0.4) is 0 Å². The van der Waals surface area contributed by atoms with Gasteiger partial charge in [-0.05, 0) is 49.4 Å². The molecule has 0 bridgehead atoms. The summed E-state index contributed by atoms with van der Waals surface area (Å²) in [5.74, 6) is -0.844. The third-order valence-electron chi connectivity index (χ3n) is 2.33. The number of amides is 2. The second-order valence-corrected chi connectivity index (χ2v) is 6.56. The Kier molecular flexibility index (Phi) is 5.64. The molecule has 0 saturated carbocycles. The van der Waals surface area contributed by atoms with Gasteiger partial charge in [-0.3, -0.25) is 19.7 Å². The molecule has 0 atom stereocenters. The Morgan fingerprint density at radius 2 is 1.95 bits per heavy atom. The molecule has 0 heterocycles. The molecule has 7 nitrogen and oxygen atoms in total. The van der Waals surface area contributed by atoms with Crippen LogP contribution in [0.2, 0.25) is 0 Å². The molecule has 8 heteroatoms. The van der Waals surface area contributed by atoms with Crippen molar-refractivity contribution in [2.45, 2.75) is 26.3 Å². The molecule has 0 spiro atoms. The number of hydrogen-bond donors (Lipinski definition) is 2. The first kappa shape index (κ1) is 17.3. The number of halogens is 1. The summed E-state index contributed by atoms with van der Waals surface area (Å²) in [6, 6.07) is 4.01. The molecule has 2 N–H and O–H groups in total. The van der Waals surface area contributed by atoms with E-state index in [1.165, 1.54) is 18.2 Å². The molecule has 0 fully saturated rings. The molecule has 1 aromatic rings. The molecule has 114 valence electrons. The van der Waals surface area contributed by atoms with E-state index in [2.05, 4.69) is 10.6 Å². The summed E-state index contributed by atoms with van der Waals surface area (Å²) < 4.78 is 0.576. The number of hydrogen-bond acceptors (Lipinski definition) is 4. The summed E-state index contributed by atoms with van der Waals surface area (Å²) in [5, 5.41) is 15.9. The number of benzene rings is 1. The molecular weight excluding hydrogens is 389 g/mol. The van der Waals surface area contributed by atoms with Crippen molar-refractivity contribution < 1.29 is 14.5 Å². The maximum absolute atomic E-state index is 12.0. The van der Waals surface area contributed by atoms with Crippen LogP contribution in [0.15, 0.2) is 18.2 Å². The van der Waals surface area contributed by atoms with Crippen molar-refractivity contribution in [1.82, 2.24) is 10.6 Å². The lowest BCUT2D eigenvalue weighted by molar-refractivity contribution is -0.384. The Morgan fingerprint density at radius 3 is 2.48 bits per heavy atom. The van der Waals surface area contributed by atoms with Crippen LogP contribution >= 0.6 is 22.6 Å². The Balaban J connectivity index is 2.74. The Bertz CT molecular complexity index is 581. The minimum Gasteiger partial charge on any atom is -0.350 e. The van der Waals surface area contributed by atoms with Crippen LogP contribution < -0.4 is 10.6 Å². The lowest BCUT2D eigenvalue weighted by Crippen LogP contribution is -2.45. The fourth-order valence-corrected chi connectivity index (χ4v) is 2.10. The van der Waals surface area contributed by atoms with Gasteiger partial charge in [0, 0.05) is 21.2 Å². The van der Waals surface area contributed by atoms with Gasteiger partial charge in [-0.2, -0.15) is 0 Å². The van der Waals surface area contributed by atoms with E-state index in [9.17, 15) is 19.7 Å². The predicted molar refractivity (Wildman–Crippen MR) is 86.0 cm³/mol. The van der Waals surface area contributed by atoms with Crippen molar-refractivity contribution in [3.05, 3.63) is 37.4 Å². The molecule has 0 aliphatic carbocycles. The van der Waals surface area contributed by atoms with Gasteiger partial charge < -0.3 is 10.6 Å². The van der Waals surface area contributed by atoms with Gasteiger partial charge in [0.2, 0.25) is 5.91 Å². The standard InChI is InChI=1S/C13H16IN3O4/c1-13(2,3)16-11(18)7-15-12(19)9-6-8(17(20)21)4-5-10(9)14/h4-6H,7H2,1-3H3,(H,15,19)(H,16,18). The highest BCUT2D eigenvalue weighted by Crippen LogP contribution is 2.19. The minimum atomic E-state index is -0.570. The molecule has 0 radical (unpaired) electrons. The van der Waals surface area contributed by atoms with Crippen molar-refractivity contribution in [2.75, 3.05) is 6.54 Å². The molecule has 21 heavy (non-hydrogen) atoms. The zero-order valence-electron chi connectivity index (χ0n) is 11.9. The van der Waals surface area contributed by atoms with Crippen molar-refractivity contribution in [2.24, 2.45) is 0 Å². The average molecular weight is 405 g/mol. The molecule has 0 aromatic heterocycles. The average Bonchev–Trinajstić information content (AvgIpc) is 2.34. The van der Waals surface area contributed by atoms with Gasteiger partial charge in [0.25, 0.3) is 11.6 Å². The van der Waals surface area contributed by atoms with E-state index >= 15 is 0 Å². The van der Waals surface area contributed by atoms with Gasteiger partial charge in [-0.15, -0.1) is 0 Å². The first-order valence-corrected chi connectivity index (χ1v) is 7.21. The van der Waals surface area contributed by atoms with E-state index in [-0.39, 0.29) is 29.2 Å². The number of rotatable bonds is 4. The largest absolute Gasteiger partial charge is 0.350 e. The number of nitro benzene ring substituents is 1. The summed E-state index contributed by atoms with van der Waals surface area (Å²) in [6.45, 7) is 5.30. The van der Waals surface area contributed by atoms with Crippen molar-refractivity contribution in [3.63, 3.8) is 0 Å². The van der Waals surface area contributed by atoms with E-state index in [1.54, 1.807) is 0 Å². The topological polar surface area (TPSA) is 101 Å². The van der Waals surface area contributed by atoms with Crippen LogP contribution in [0.25, 0.3) is 0 Å². The van der Waals surface area contributed by atoms with Crippen LogP contribution in [0, 0.1) is 13.7 Å². The SMILES string of the molecule is CC(C)(C)NC(=O)CNC(=O)c1cc([N+](=O)[O-])ccc1I. The number of carbonyl (C=O) groups excluding carboxylic acids is 2. The first-order chi connectivity index (χ1) is 9.60. The van der Waals surface area contributed by atoms with E-state index in [0.717, 1.165) is 0 Å². The smallest absolute Gasteiger partial charge is 0.270 e. The summed E-state index contributed by atoms with van der Waals surface area (Å²) >= 11 is 1.91. The van der Waals surface area contributed by atoms with Crippen LogP contribution in [0.5, 0.6) is 0 Å². The highest BCUT2D eigenvalue weighted by molar-refractivity contribution is 14.1. The molecule has 0 aliphatic rings. The van der Waals surface area contributed by atoms with Crippen molar-refractivity contribution >= 4 is 40.1 Å².